The number of hydrogen-bond acceptors (Lipinski definition) is 5. The second-order valence-electron chi connectivity index (χ2n) is 5.66. The third-order valence-electron chi connectivity index (χ3n) is 3.77. The van der Waals surface area contributed by atoms with Gasteiger partial charge in [0.25, 0.3) is 5.91 Å². The number of aliphatic hydroxyl groups excluding tert-OH is 1. The smallest absolute Gasteiger partial charge is 0.250 e. The third kappa shape index (κ3) is 6.52. The van der Waals surface area contributed by atoms with E-state index in [2.05, 4.69) is 16.0 Å². The number of rotatable bonds is 10. The van der Waals surface area contributed by atoms with Crippen LogP contribution in [-0.2, 0) is 14.4 Å². The van der Waals surface area contributed by atoms with Crippen LogP contribution in [0.4, 0.5) is 0 Å². The highest BCUT2D eigenvalue weighted by Crippen LogP contribution is 2.11. The van der Waals surface area contributed by atoms with E-state index in [1.54, 1.807) is 37.4 Å². The predicted octanol–water partition coefficient (Wildman–Crippen LogP) is -0.806. The number of nitrogens with two attached hydrogens (primary N) is 1. The molecule has 6 N–H and O–H groups in total. The maximum atomic E-state index is 12.0. The normalized spacial score (nSPS) is 14.2. The summed E-state index contributed by atoms with van der Waals surface area (Å²) < 4.78 is 0. The summed E-state index contributed by atoms with van der Waals surface area (Å²) in [5.41, 5.74) is 5.87. The standard InChI is InChI=1S/C17H26N4O4/c1-3-7-12(19-2)15(23)17(25)20-10-13(22)21-14(16(18)24)11-8-5-4-6-9-11/h4-6,8-9,12,14-15,19,23H,3,7,10H2,1-2H3,(H2,18,24)(H,20,25)(H,21,22). The highest BCUT2D eigenvalue weighted by Gasteiger charge is 2.25. The molecule has 0 aromatic heterocycles. The molecule has 0 fully saturated rings. The molecule has 1 aromatic carbocycles. The van der Waals surface area contributed by atoms with Crippen molar-refractivity contribution in [3.63, 3.8) is 0 Å². The largest absolute Gasteiger partial charge is 0.382 e. The highest BCUT2D eigenvalue weighted by atomic mass is 16.3. The van der Waals surface area contributed by atoms with Crippen molar-refractivity contribution < 1.29 is 19.5 Å². The number of carbonyl (C=O) groups is 3. The topological polar surface area (TPSA) is 134 Å². The lowest BCUT2D eigenvalue weighted by atomic mass is 10.1. The van der Waals surface area contributed by atoms with E-state index < -0.39 is 35.9 Å². The number of aliphatic hydroxyl groups is 1. The Bertz CT molecular complexity index is 579. The molecule has 25 heavy (non-hydrogen) atoms. The maximum Gasteiger partial charge on any atom is 0.250 e. The number of nitrogens with one attached hydrogen (secondary N) is 3. The molecule has 0 saturated heterocycles. The Balaban J connectivity index is 2.58. The molecule has 138 valence electrons. The van der Waals surface area contributed by atoms with Crippen molar-refractivity contribution in [1.82, 2.24) is 16.0 Å². The van der Waals surface area contributed by atoms with Crippen LogP contribution in [0.5, 0.6) is 0 Å². The third-order valence-corrected chi connectivity index (χ3v) is 3.77. The zero-order valence-corrected chi connectivity index (χ0v) is 14.5. The maximum absolute atomic E-state index is 12.0. The van der Waals surface area contributed by atoms with Crippen molar-refractivity contribution in [2.24, 2.45) is 5.73 Å². The molecule has 0 saturated carbocycles. The average molecular weight is 350 g/mol. The summed E-state index contributed by atoms with van der Waals surface area (Å²) in [6.07, 6.45) is 0.154. The Morgan fingerprint density at radius 2 is 1.84 bits per heavy atom. The molecule has 0 spiro atoms. The minimum Gasteiger partial charge on any atom is -0.382 e. The van der Waals surface area contributed by atoms with Crippen molar-refractivity contribution in [2.75, 3.05) is 13.6 Å². The quantitative estimate of drug-likeness (QED) is 0.376. The average Bonchev–Trinajstić information content (AvgIpc) is 2.62. The van der Waals surface area contributed by atoms with Gasteiger partial charge in [-0.1, -0.05) is 43.7 Å². The minimum atomic E-state index is -1.26. The summed E-state index contributed by atoms with van der Waals surface area (Å²) in [4.78, 5) is 35.5. The molecule has 0 aliphatic heterocycles. The summed E-state index contributed by atoms with van der Waals surface area (Å²) in [6.45, 7) is 1.57. The van der Waals surface area contributed by atoms with Gasteiger partial charge in [-0.3, -0.25) is 14.4 Å². The minimum absolute atomic E-state index is 0.366. The summed E-state index contributed by atoms with van der Waals surface area (Å²) in [7, 11) is 1.65. The van der Waals surface area contributed by atoms with E-state index in [0.29, 0.717) is 12.0 Å². The van der Waals surface area contributed by atoms with Crippen LogP contribution in [0.1, 0.15) is 31.4 Å². The van der Waals surface area contributed by atoms with Gasteiger partial charge in [0.05, 0.1) is 6.54 Å². The van der Waals surface area contributed by atoms with Gasteiger partial charge in [0, 0.05) is 6.04 Å². The second-order valence-corrected chi connectivity index (χ2v) is 5.66. The molecule has 8 heteroatoms. The van der Waals surface area contributed by atoms with Gasteiger partial charge >= 0.3 is 0 Å². The van der Waals surface area contributed by atoms with Crippen LogP contribution in [0.3, 0.4) is 0 Å². The monoisotopic (exact) mass is 350 g/mol. The summed E-state index contributed by atoms with van der Waals surface area (Å²) in [5.74, 6) is -1.94. The van der Waals surface area contributed by atoms with Crippen molar-refractivity contribution >= 4 is 17.7 Å². The van der Waals surface area contributed by atoms with E-state index >= 15 is 0 Å². The second kappa shape index (κ2) is 10.4. The van der Waals surface area contributed by atoms with Crippen LogP contribution in [0.2, 0.25) is 0 Å². The summed E-state index contributed by atoms with van der Waals surface area (Å²) in [6, 6.07) is 7.18. The molecule has 8 nitrogen and oxygen atoms in total. The van der Waals surface area contributed by atoms with Gasteiger partial charge in [0.15, 0.2) is 0 Å². The van der Waals surface area contributed by atoms with Crippen molar-refractivity contribution in [3.8, 4) is 0 Å². The Kier molecular flexibility index (Phi) is 8.59. The van der Waals surface area contributed by atoms with Crippen molar-refractivity contribution in [1.29, 1.82) is 0 Å². The highest BCUT2D eigenvalue weighted by molar-refractivity contribution is 5.91. The van der Waals surface area contributed by atoms with Crippen LogP contribution in [0.15, 0.2) is 30.3 Å². The lowest BCUT2D eigenvalue weighted by Crippen LogP contribution is -2.50. The van der Waals surface area contributed by atoms with Crippen molar-refractivity contribution in [2.45, 2.75) is 38.0 Å². The van der Waals surface area contributed by atoms with Crippen molar-refractivity contribution in [3.05, 3.63) is 35.9 Å². The summed E-state index contributed by atoms with van der Waals surface area (Å²) in [5, 5.41) is 17.7. The number of likely N-dealkylation sites (N-methyl/N-ethyl adjacent to an activating group) is 1. The fourth-order valence-corrected chi connectivity index (χ4v) is 2.40. The predicted molar refractivity (Wildman–Crippen MR) is 93.3 cm³/mol. The molecule has 0 heterocycles. The van der Waals surface area contributed by atoms with E-state index in [1.807, 2.05) is 6.92 Å². The molecular weight excluding hydrogens is 324 g/mol. The Hall–Kier alpha value is -2.45. The SMILES string of the molecule is CCCC(NC)C(O)C(=O)NCC(=O)NC(C(N)=O)c1ccccc1. The van der Waals surface area contributed by atoms with Gasteiger partial charge in [0.2, 0.25) is 11.8 Å². The van der Waals surface area contributed by atoms with E-state index in [4.69, 9.17) is 5.73 Å². The summed E-state index contributed by atoms with van der Waals surface area (Å²) >= 11 is 0. The number of hydrogen-bond donors (Lipinski definition) is 5. The molecule has 0 aliphatic rings. The Morgan fingerprint density at radius 1 is 1.20 bits per heavy atom. The van der Waals surface area contributed by atoms with Crippen LogP contribution in [0.25, 0.3) is 0 Å². The van der Waals surface area contributed by atoms with E-state index in [1.165, 1.54) is 0 Å². The number of primary amides is 1. The lowest BCUT2D eigenvalue weighted by molar-refractivity contribution is -0.133. The Labute approximate surface area is 147 Å². The van der Waals surface area contributed by atoms with Crippen LogP contribution >= 0.6 is 0 Å². The van der Waals surface area contributed by atoms with E-state index in [9.17, 15) is 19.5 Å². The molecule has 1 rings (SSSR count). The number of carbonyl (C=O) groups excluding carboxylic acids is 3. The first-order valence-corrected chi connectivity index (χ1v) is 8.17. The van der Waals surface area contributed by atoms with Gasteiger partial charge in [0.1, 0.15) is 12.1 Å². The van der Waals surface area contributed by atoms with Gasteiger partial charge < -0.3 is 26.8 Å². The number of benzene rings is 1. The zero-order valence-electron chi connectivity index (χ0n) is 14.5. The van der Waals surface area contributed by atoms with Crippen LogP contribution in [0, 0.1) is 0 Å². The van der Waals surface area contributed by atoms with Crippen LogP contribution in [-0.4, -0.2) is 48.6 Å². The molecule has 0 bridgehead atoms. The van der Waals surface area contributed by atoms with E-state index in [-0.39, 0.29) is 6.54 Å². The van der Waals surface area contributed by atoms with Gasteiger partial charge in [-0.2, -0.15) is 0 Å². The molecule has 3 amide bonds. The molecule has 3 unspecified atom stereocenters. The van der Waals surface area contributed by atoms with Crippen LogP contribution < -0.4 is 21.7 Å². The fourth-order valence-electron chi connectivity index (χ4n) is 2.40. The Morgan fingerprint density at radius 3 is 2.36 bits per heavy atom. The number of amides is 3. The first-order chi connectivity index (χ1) is 11.9. The lowest BCUT2D eigenvalue weighted by Gasteiger charge is -2.21. The molecule has 3 atom stereocenters. The first-order valence-electron chi connectivity index (χ1n) is 8.17. The molecule has 0 aliphatic carbocycles. The zero-order chi connectivity index (χ0) is 18.8. The molecule has 1 aromatic rings. The molecule has 0 radical (unpaired) electrons. The van der Waals surface area contributed by atoms with Gasteiger partial charge in [-0.15, -0.1) is 0 Å². The van der Waals surface area contributed by atoms with Gasteiger partial charge in [-0.05, 0) is 19.0 Å². The fraction of sp³-hybridized carbons (Fsp3) is 0.471. The van der Waals surface area contributed by atoms with E-state index in [0.717, 1.165) is 6.42 Å². The first kappa shape index (κ1) is 20.6. The van der Waals surface area contributed by atoms with Gasteiger partial charge in [-0.25, -0.2) is 0 Å². The molecular formula is C17H26N4O4.